The van der Waals surface area contributed by atoms with E-state index in [9.17, 15) is 9.18 Å². The molecule has 0 bridgehead atoms. The highest BCUT2D eigenvalue weighted by Crippen LogP contribution is 2.34. The third-order valence-corrected chi connectivity index (χ3v) is 6.08. The standard InChI is InChI=1S/C26H24FN3O/c1-17-13-19(18-8-10-21(27)11-9-18)14-24(29-17)25-7-4-12-30(25)26(31)15-20-16-28-23-6-3-2-5-22(20)23/h2-3,5-6,8-11,13-14,16,25,28H,4,7,12,15H2,1H3/t25-/m0/s1. The molecule has 31 heavy (non-hydrogen) atoms. The summed E-state index contributed by atoms with van der Waals surface area (Å²) in [5.74, 6) is -0.126. The van der Waals surface area contributed by atoms with Crippen LogP contribution in [0.15, 0.2) is 66.9 Å². The summed E-state index contributed by atoms with van der Waals surface area (Å²) in [5, 5.41) is 1.10. The van der Waals surface area contributed by atoms with E-state index in [4.69, 9.17) is 4.98 Å². The second-order valence-corrected chi connectivity index (χ2v) is 8.21. The zero-order valence-electron chi connectivity index (χ0n) is 17.4. The summed E-state index contributed by atoms with van der Waals surface area (Å²) in [4.78, 5) is 23.2. The number of aromatic amines is 1. The van der Waals surface area contributed by atoms with Gasteiger partial charge in [-0.2, -0.15) is 0 Å². The van der Waals surface area contributed by atoms with Crippen molar-refractivity contribution in [2.24, 2.45) is 0 Å². The molecule has 4 aromatic rings. The summed E-state index contributed by atoms with van der Waals surface area (Å²) < 4.78 is 13.3. The smallest absolute Gasteiger partial charge is 0.227 e. The molecule has 5 heteroatoms. The van der Waals surface area contributed by atoms with Crippen LogP contribution < -0.4 is 0 Å². The van der Waals surface area contributed by atoms with E-state index in [2.05, 4.69) is 4.98 Å². The fourth-order valence-electron chi connectivity index (χ4n) is 4.59. The molecule has 2 aromatic heterocycles. The molecule has 1 fully saturated rings. The normalized spacial score (nSPS) is 16.2. The molecule has 0 saturated carbocycles. The number of pyridine rings is 1. The van der Waals surface area contributed by atoms with Crippen LogP contribution in [0.3, 0.4) is 0 Å². The van der Waals surface area contributed by atoms with Crippen LogP contribution >= 0.6 is 0 Å². The first-order chi connectivity index (χ1) is 15.1. The van der Waals surface area contributed by atoms with Crippen LogP contribution in [-0.2, 0) is 11.2 Å². The molecule has 1 N–H and O–H groups in total. The van der Waals surface area contributed by atoms with E-state index in [1.165, 1.54) is 12.1 Å². The van der Waals surface area contributed by atoms with Gasteiger partial charge in [0.15, 0.2) is 0 Å². The van der Waals surface area contributed by atoms with Gasteiger partial charge in [0, 0.05) is 29.3 Å². The molecule has 0 unspecified atom stereocenters. The molecule has 4 nitrogen and oxygen atoms in total. The lowest BCUT2D eigenvalue weighted by Gasteiger charge is -2.25. The predicted octanol–water partition coefficient (Wildman–Crippen LogP) is 5.58. The molecule has 1 aliphatic rings. The van der Waals surface area contributed by atoms with E-state index in [1.807, 2.05) is 54.4 Å². The summed E-state index contributed by atoms with van der Waals surface area (Å²) in [6, 6.07) is 18.6. The monoisotopic (exact) mass is 413 g/mol. The Balaban J connectivity index is 1.42. The van der Waals surface area contributed by atoms with Crippen LogP contribution in [0.2, 0.25) is 0 Å². The number of aryl methyl sites for hydroxylation is 1. The van der Waals surface area contributed by atoms with E-state index in [0.29, 0.717) is 6.42 Å². The van der Waals surface area contributed by atoms with Gasteiger partial charge in [-0.25, -0.2) is 4.39 Å². The van der Waals surface area contributed by atoms with Crippen molar-refractivity contribution in [3.05, 3.63) is 89.6 Å². The number of para-hydroxylation sites is 1. The van der Waals surface area contributed by atoms with Crippen molar-refractivity contribution >= 4 is 16.8 Å². The number of rotatable bonds is 4. The summed E-state index contributed by atoms with van der Waals surface area (Å²) in [6.07, 6.45) is 4.17. The van der Waals surface area contributed by atoms with Crippen LogP contribution in [0.4, 0.5) is 4.39 Å². The number of fused-ring (bicyclic) bond motifs is 1. The molecule has 156 valence electrons. The number of benzene rings is 2. The minimum Gasteiger partial charge on any atom is -0.361 e. The number of aromatic nitrogens is 2. The number of nitrogens with zero attached hydrogens (tertiary/aromatic N) is 2. The van der Waals surface area contributed by atoms with Crippen molar-refractivity contribution in [1.82, 2.24) is 14.9 Å². The number of hydrogen-bond acceptors (Lipinski definition) is 2. The van der Waals surface area contributed by atoms with Crippen LogP contribution in [0.5, 0.6) is 0 Å². The Morgan fingerprint density at radius 1 is 1.13 bits per heavy atom. The van der Waals surface area contributed by atoms with Gasteiger partial charge in [0.2, 0.25) is 5.91 Å². The number of likely N-dealkylation sites (tertiary alicyclic amines) is 1. The fraction of sp³-hybridized carbons (Fsp3) is 0.231. The van der Waals surface area contributed by atoms with Gasteiger partial charge in [-0.15, -0.1) is 0 Å². The average molecular weight is 413 g/mol. The van der Waals surface area contributed by atoms with Gasteiger partial charge in [-0.1, -0.05) is 30.3 Å². The fourth-order valence-corrected chi connectivity index (χ4v) is 4.59. The average Bonchev–Trinajstić information content (AvgIpc) is 3.42. The van der Waals surface area contributed by atoms with Crippen molar-refractivity contribution in [3.8, 4) is 11.1 Å². The van der Waals surface area contributed by atoms with Gasteiger partial charge >= 0.3 is 0 Å². The number of hydrogen-bond donors (Lipinski definition) is 1. The minimum absolute atomic E-state index is 0.0307. The van der Waals surface area contributed by atoms with Gasteiger partial charge in [0.25, 0.3) is 0 Å². The molecule has 0 radical (unpaired) electrons. The van der Waals surface area contributed by atoms with Crippen LogP contribution in [0.1, 0.15) is 35.8 Å². The van der Waals surface area contributed by atoms with Crippen LogP contribution in [-0.4, -0.2) is 27.3 Å². The van der Waals surface area contributed by atoms with Gasteiger partial charge in [-0.05, 0) is 66.8 Å². The molecule has 5 rings (SSSR count). The maximum atomic E-state index is 13.3. The number of halogens is 1. The third-order valence-electron chi connectivity index (χ3n) is 6.08. The van der Waals surface area contributed by atoms with Crippen molar-refractivity contribution in [2.75, 3.05) is 6.54 Å². The highest BCUT2D eigenvalue weighted by molar-refractivity contribution is 5.89. The predicted molar refractivity (Wildman–Crippen MR) is 120 cm³/mol. The first-order valence-electron chi connectivity index (χ1n) is 10.7. The van der Waals surface area contributed by atoms with Gasteiger partial charge < -0.3 is 9.88 Å². The highest BCUT2D eigenvalue weighted by Gasteiger charge is 2.31. The van der Waals surface area contributed by atoms with E-state index in [1.54, 1.807) is 12.1 Å². The Bertz CT molecular complexity index is 1250. The molecular weight excluding hydrogens is 389 g/mol. The third kappa shape index (κ3) is 3.83. The minimum atomic E-state index is -0.250. The molecule has 0 spiro atoms. The first-order valence-corrected chi connectivity index (χ1v) is 10.7. The molecule has 1 amide bonds. The Morgan fingerprint density at radius 2 is 1.94 bits per heavy atom. The Kier molecular flexibility index (Phi) is 5.02. The SMILES string of the molecule is Cc1cc(-c2ccc(F)cc2)cc([C@@H]2CCCN2C(=O)Cc2c[nH]c3ccccc23)n1. The highest BCUT2D eigenvalue weighted by atomic mass is 19.1. The molecular formula is C26H24FN3O. The quantitative estimate of drug-likeness (QED) is 0.475. The van der Waals surface area contributed by atoms with Crippen molar-refractivity contribution in [1.29, 1.82) is 0 Å². The van der Waals surface area contributed by atoms with Crippen molar-refractivity contribution < 1.29 is 9.18 Å². The summed E-state index contributed by atoms with van der Waals surface area (Å²) in [5.41, 5.74) is 5.82. The van der Waals surface area contributed by atoms with E-state index in [-0.39, 0.29) is 17.8 Å². The van der Waals surface area contributed by atoms with E-state index < -0.39 is 0 Å². The Morgan fingerprint density at radius 3 is 2.77 bits per heavy atom. The van der Waals surface area contributed by atoms with Crippen LogP contribution in [0.25, 0.3) is 22.0 Å². The van der Waals surface area contributed by atoms with Gasteiger partial charge in [0.1, 0.15) is 5.82 Å². The van der Waals surface area contributed by atoms with E-state index >= 15 is 0 Å². The zero-order chi connectivity index (χ0) is 21.4. The molecule has 1 aliphatic heterocycles. The number of H-pyrrole nitrogens is 1. The van der Waals surface area contributed by atoms with Crippen LogP contribution in [0, 0.1) is 12.7 Å². The molecule has 2 aromatic carbocycles. The van der Waals surface area contributed by atoms with Gasteiger partial charge in [-0.3, -0.25) is 9.78 Å². The maximum absolute atomic E-state index is 13.3. The maximum Gasteiger partial charge on any atom is 0.227 e. The summed E-state index contributed by atoms with van der Waals surface area (Å²) >= 11 is 0. The number of carbonyl (C=O) groups is 1. The topological polar surface area (TPSA) is 49.0 Å². The van der Waals surface area contributed by atoms with Gasteiger partial charge in [0.05, 0.1) is 18.2 Å². The van der Waals surface area contributed by atoms with E-state index in [0.717, 1.165) is 58.4 Å². The molecule has 3 heterocycles. The van der Waals surface area contributed by atoms with Crippen molar-refractivity contribution in [3.63, 3.8) is 0 Å². The molecule has 1 atom stereocenters. The number of carbonyl (C=O) groups excluding carboxylic acids is 1. The lowest BCUT2D eigenvalue weighted by molar-refractivity contribution is -0.131. The summed E-state index contributed by atoms with van der Waals surface area (Å²) in [7, 11) is 0. The molecule has 0 aliphatic carbocycles. The second-order valence-electron chi connectivity index (χ2n) is 8.21. The zero-order valence-corrected chi connectivity index (χ0v) is 17.4. The Labute approximate surface area is 180 Å². The lowest BCUT2D eigenvalue weighted by Crippen LogP contribution is -2.32. The van der Waals surface area contributed by atoms with Crippen molar-refractivity contribution in [2.45, 2.75) is 32.2 Å². The lowest BCUT2D eigenvalue weighted by atomic mass is 10.0. The molecule has 1 saturated heterocycles. The second kappa shape index (κ2) is 7.99. The Hall–Kier alpha value is -3.47. The number of amides is 1. The first kappa shape index (κ1) is 19.5. The largest absolute Gasteiger partial charge is 0.361 e. The summed E-state index contributed by atoms with van der Waals surface area (Å²) in [6.45, 7) is 2.71. The number of nitrogens with one attached hydrogen (secondary N) is 1.